The molecule has 2 fully saturated rings. The Kier molecular flexibility index (Phi) is 4.62. The number of carbonyl (C=O) groups excluding carboxylic acids is 1. The van der Waals surface area contributed by atoms with Crippen molar-refractivity contribution in [3.8, 4) is 0 Å². The van der Waals surface area contributed by atoms with Gasteiger partial charge in [-0.25, -0.2) is 4.98 Å². The summed E-state index contributed by atoms with van der Waals surface area (Å²) in [5.74, 6) is 0.989. The first-order chi connectivity index (χ1) is 11.3. The van der Waals surface area contributed by atoms with Crippen molar-refractivity contribution < 1.29 is 9.90 Å². The Balaban J connectivity index is 1.78. The summed E-state index contributed by atoms with van der Waals surface area (Å²) in [6.45, 7) is 4.23. The number of nitrogens with one attached hydrogen (secondary N) is 2. The molecule has 1 amide bonds. The van der Waals surface area contributed by atoms with Gasteiger partial charge in [-0.3, -0.25) is 4.79 Å². The smallest absolute Gasteiger partial charge is 0.254 e. The fraction of sp³-hybridized carbons (Fsp3) is 0.706. The number of rotatable bonds is 6. The Bertz CT molecular complexity index is 615. The molecule has 1 unspecified atom stereocenters. The normalized spacial score (nSPS) is 24.5. The van der Waals surface area contributed by atoms with Crippen LogP contribution in [0.4, 0.5) is 11.8 Å². The number of aliphatic hydroxyl groups is 1. The molecule has 3 rings (SSSR count). The lowest BCUT2D eigenvalue weighted by atomic mass is 9.93. The predicted molar refractivity (Wildman–Crippen MR) is 92.9 cm³/mol. The quantitative estimate of drug-likeness (QED) is 0.632. The molecule has 7 heteroatoms. The van der Waals surface area contributed by atoms with E-state index in [0.29, 0.717) is 29.7 Å². The van der Waals surface area contributed by atoms with Crippen molar-refractivity contribution >= 4 is 17.7 Å². The summed E-state index contributed by atoms with van der Waals surface area (Å²) in [7, 11) is 0. The largest absolute Gasteiger partial charge is 0.393 e. The van der Waals surface area contributed by atoms with E-state index in [9.17, 15) is 9.90 Å². The van der Waals surface area contributed by atoms with E-state index in [1.165, 1.54) is 19.0 Å². The minimum Gasteiger partial charge on any atom is -0.393 e. The Morgan fingerprint density at radius 1 is 1.33 bits per heavy atom. The van der Waals surface area contributed by atoms with E-state index in [2.05, 4.69) is 34.4 Å². The van der Waals surface area contributed by atoms with E-state index >= 15 is 0 Å². The second kappa shape index (κ2) is 6.55. The zero-order chi connectivity index (χ0) is 17.3. The van der Waals surface area contributed by atoms with Gasteiger partial charge >= 0.3 is 0 Å². The molecule has 2 saturated carbocycles. The molecule has 132 valence electrons. The van der Waals surface area contributed by atoms with Gasteiger partial charge in [0, 0.05) is 17.8 Å². The van der Waals surface area contributed by atoms with E-state index in [1.807, 2.05) is 0 Å². The van der Waals surface area contributed by atoms with Gasteiger partial charge in [-0.05, 0) is 58.3 Å². The number of hydrogen-bond acceptors (Lipinski definition) is 6. The fourth-order valence-corrected chi connectivity index (χ4v) is 3.42. The lowest BCUT2D eigenvalue weighted by molar-refractivity contribution is 0.100. The molecule has 24 heavy (non-hydrogen) atoms. The molecule has 0 spiro atoms. The summed E-state index contributed by atoms with van der Waals surface area (Å²) in [6.07, 6.45) is 7.07. The van der Waals surface area contributed by atoms with Gasteiger partial charge < -0.3 is 21.5 Å². The van der Waals surface area contributed by atoms with Crippen LogP contribution in [0.3, 0.4) is 0 Å². The zero-order valence-electron chi connectivity index (χ0n) is 14.4. The molecule has 0 bridgehead atoms. The van der Waals surface area contributed by atoms with Crippen LogP contribution in [0.2, 0.25) is 0 Å². The van der Waals surface area contributed by atoms with Crippen molar-refractivity contribution in [2.45, 2.75) is 70.1 Å². The zero-order valence-corrected chi connectivity index (χ0v) is 14.4. The van der Waals surface area contributed by atoms with Crippen LogP contribution in [-0.4, -0.2) is 38.7 Å². The average Bonchev–Trinajstić information content (AvgIpc) is 3.31. The highest BCUT2D eigenvalue weighted by Crippen LogP contribution is 2.41. The molecule has 0 aromatic carbocycles. The van der Waals surface area contributed by atoms with E-state index in [0.717, 1.165) is 19.3 Å². The standard InChI is InChI=1S/C17H27N5O2/c1-17(2,10-6-7-10)22-15-13(14(18)24)9-19-16(21-15)20-11-4-3-5-12(23)8-11/h9-12,23H,3-8H2,1-2H3,(H2,18,24)(H2,19,20,21,22)/t11-,12?/m0/s1. The predicted octanol–water partition coefficient (Wildman–Crippen LogP) is 1.89. The molecule has 0 aliphatic heterocycles. The highest BCUT2D eigenvalue weighted by atomic mass is 16.3. The molecule has 2 aliphatic carbocycles. The van der Waals surface area contributed by atoms with E-state index in [1.54, 1.807) is 0 Å². The number of nitrogens with zero attached hydrogens (tertiary/aromatic N) is 2. The van der Waals surface area contributed by atoms with Crippen molar-refractivity contribution in [2.24, 2.45) is 11.7 Å². The van der Waals surface area contributed by atoms with Crippen LogP contribution in [0.1, 0.15) is 62.7 Å². The van der Waals surface area contributed by atoms with Crippen molar-refractivity contribution in [1.82, 2.24) is 9.97 Å². The van der Waals surface area contributed by atoms with Crippen LogP contribution in [0.15, 0.2) is 6.20 Å². The maximum Gasteiger partial charge on any atom is 0.254 e. The third-order valence-electron chi connectivity index (χ3n) is 5.07. The second-order valence-corrected chi connectivity index (χ2v) is 7.60. The maximum absolute atomic E-state index is 11.7. The molecule has 1 aromatic heterocycles. The molecule has 7 nitrogen and oxygen atoms in total. The van der Waals surface area contributed by atoms with E-state index < -0.39 is 5.91 Å². The number of aromatic nitrogens is 2. The molecule has 1 aromatic rings. The third-order valence-corrected chi connectivity index (χ3v) is 5.07. The number of nitrogens with two attached hydrogens (primary N) is 1. The minimum atomic E-state index is -0.538. The Hall–Kier alpha value is -1.89. The summed E-state index contributed by atoms with van der Waals surface area (Å²) < 4.78 is 0. The van der Waals surface area contributed by atoms with Crippen LogP contribution in [0.5, 0.6) is 0 Å². The molecular formula is C17H27N5O2. The van der Waals surface area contributed by atoms with Gasteiger partial charge in [-0.2, -0.15) is 4.98 Å². The summed E-state index contributed by atoms with van der Waals surface area (Å²) >= 11 is 0. The Morgan fingerprint density at radius 3 is 2.71 bits per heavy atom. The van der Waals surface area contributed by atoms with Gasteiger partial charge in [0.15, 0.2) is 0 Å². The summed E-state index contributed by atoms with van der Waals surface area (Å²) in [5.41, 5.74) is 5.63. The minimum absolute atomic E-state index is 0.142. The SMILES string of the molecule is CC(C)(Nc1nc(N[C@H]2CCCC(O)C2)ncc1C(N)=O)C1CC1. The van der Waals surface area contributed by atoms with E-state index in [4.69, 9.17) is 5.73 Å². The molecule has 1 heterocycles. The fourth-order valence-electron chi connectivity index (χ4n) is 3.42. The highest BCUT2D eigenvalue weighted by Gasteiger charge is 2.38. The summed E-state index contributed by atoms with van der Waals surface area (Å²) in [6, 6.07) is 0.150. The topological polar surface area (TPSA) is 113 Å². The lowest BCUT2D eigenvalue weighted by Crippen LogP contribution is -2.35. The average molecular weight is 333 g/mol. The van der Waals surface area contributed by atoms with Crippen molar-refractivity contribution in [3.05, 3.63) is 11.8 Å². The van der Waals surface area contributed by atoms with Crippen molar-refractivity contribution in [2.75, 3.05) is 10.6 Å². The van der Waals surface area contributed by atoms with Gasteiger partial charge in [-0.1, -0.05) is 0 Å². The molecule has 2 atom stereocenters. The second-order valence-electron chi connectivity index (χ2n) is 7.60. The van der Waals surface area contributed by atoms with Crippen molar-refractivity contribution in [3.63, 3.8) is 0 Å². The molecule has 2 aliphatic rings. The summed E-state index contributed by atoms with van der Waals surface area (Å²) in [5, 5.41) is 16.4. The number of anilines is 2. The van der Waals surface area contributed by atoms with Crippen molar-refractivity contribution in [1.29, 1.82) is 0 Å². The number of carbonyl (C=O) groups is 1. The molecular weight excluding hydrogens is 306 g/mol. The third kappa shape index (κ3) is 3.95. The molecule has 5 N–H and O–H groups in total. The van der Waals surface area contributed by atoms with Crippen LogP contribution in [-0.2, 0) is 0 Å². The van der Waals surface area contributed by atoms with Crippen LogP contribution < -0.4 is 16.4 Å². The van der Waals surface area contributed by atoms with Gasteiger partial charge in [0.05, 0.1) is 11.7 Å². The van der Waals surface area contributed by atoms with E-state index in [-0.39, 0.29) is 17.7 Å². The lowest BCUT2D eigenvalue weighted by Gasteiger charge is -2.29. The first-order valence-electron chi connectivity index (χ1n) is 8.75. The van der Waals surface area contributed by atoms with Gasteiger partial charge in [0.1, 0.15) is 5.82 Å². The van der Waals surface area contributed by atoms with Gasteiger partial charge in [0.2, 0.25) is 5.95 Å². The first kappa shape index (κ1) is 17.0. The first-order valence-corrected chi connectivity index (χ1v) is 8.75. The summed E-state index contributed by atoms with van der Waals surface area (Å²) in [4.78, 5) is 20.4. The molecule has 0 saturated heterocycles. The molecule has 0 radical (unpaired) electrons. The number of primary amides is 1. The highest BCUT2D eigenvalue weighted by molar-refractivity contribution is 5.97. The number of hydrogen-bond donors (Lipinski definition) is 4. The maximum atomic E-state index is 11.7. The van der Waals surface area contributed by atoms with Gasteiger partial charge in [-0.15, -0.1) is 0 Å². The van der Waals surface area contributed by atoms with Crippen LogP contribution in [0, 0.1) is 5.92 Å². The van der Waals surface area contributed by atoms with Gasteiger partial charge in [0.25, 0.3) is 5.91 Å². The van der Waals surface area contributed by atoms with Crippen LogP contribution in [0.25, 0.3) is 0 Å². The number of aliphatic hydroxyl groups excluding tert-OH is 1. The monoisotopic (exact) mass is 333 g/mol. The Labute approximate surface area is 142 Å². The Morgan fingerprint density at radius 2 is 2.08 bits per heavy atom. The number of amides is 1. The van der Waals surface area contributed by atoms with Crippen LogP contribution >= 0.6 is 0 Å².